The summed E-state index contributed by atoms with van der Waals surface area (Å²) in [6.07, 6.45) is 0. The molecule has 4 nitrogen and oxygen atoms in total. The summed E-state index contributed by atoms with van der Waals surface area (Å²) in [6.45, 7) is 0. The highest BCUT2D eigenvalue weighted by Crippen LogP contribution is 2.28. The van der Waals surface area contributed by atoms with Gasteiger partial charge in [-0.2, -0.15) is 0 Å². The van der Waals surface area contributed by atoms with Gasteiger partial charge in [0.2, 0.25) is 0 Å². The smallest absolute Gasteiger partial charge is 0.284 e. The van der Waals surface area contributed by atoms with E-state index in [-0.39, 0.29) is 21.8 Å². The molecule has 7 heteroatoms. The van der Waals surface area contributed by atoms with Gasteiger partial charge in [0, 0.05) is 11.6 Å². The second kappa shape index (κ2) is 5.22. The summed E-state index contributed by atoms with van der Waals surface area (Å²) in [6, 6.07) is 2.61. The van der Waals surface area contributed by atoms with Gasteiger partial charge in [-0.3, -0.25) is 14.9 Å². The van der Waals surface area contributed by atoms with Crippen LogP contribution in [0.5, 0.6) is 0 Å². The van der Waals surface area contributed by atoms with Gasteiger partial charge in [0.1, 0.15) is 0 Å². The van der Waals surface area contributed by atoms with Crippen LogP contribution in [-0.4, -0.2) is 16.0 Å². The maximum absolute atomic E-state index is 11.4. The third kappa shape index (κ3) is 2.88. The quantitative estimate of drug-likeness (QED) is 0.255. The second-order valence-electron chi connectivity index (χ2n) is 2.60. The molecule has 1 rings (SSSR count). The number of hydrogen-bond donors (Lipinski definition) is 0. The van der Waals surface area contributed by atoms with E-state index in [0.717, 1.165) is 0 Å². The first-order chi connectivity index (χ1) is 6.97. The Morgan fingerprint density at radius 1 is 1.60 bits per heavy atom. The van der Waals surface area contributed by atoms with Crippen molar-refractivity contribution in [1.82, 2.24) is 0 Å². The van der Waals surface area contributed by atoms with E-state index in [2.05, 4.69) is 15.9 Å². The minimum atomic E-state index is -0.532. The van der Waals surface area contributed by atoms with Crippen molar-refractivity contribution in [3.05, 3.63) is 36.4 Å². The Kier molecular flexibility index (Phi) is 4.47. The first-order valence-corrected chi connectivity index (χ1v) is 6.27. The Bertz CT molecular complexity index is 438. The molecular weight excluding hydrogens is 400 g/mol. The normalized spacial score (nSPS) is 10.1. The number of Topliss-reactive ketones (excluding diaryl/α,β-unsaturated/α-hetero) is 1. The number of nitro groups is 1. The highest BCUT2D eigenvalue weighted by molar-refractivity contribution is 14.1. The van der Waals surface area contributed by atoms with E-state index in [4.69, 9.17) is 11.6 Å². The van der Waals surface area contributed by atoms with Crippen molar-refractivity contribution in [3.8, 4) is 0 Å². The summed E-state index contributed by atoms with van der Waals surface area (Å²) < 4.78 is 0.395. The number of alkyl halides is 1. The minimum Gasteiger partial charge on any atom is -0.293 e. The molecule has 0 radical (unpaired) electrons. The Morgan fingerprint density at radius 2 is 2.20 bits per heavy atom. The zero-order valence-corrected chi connectivity index (χ0v) is 11.7. The molecular formula is C8H4BrClINO3. The van der Waals surface area contributed by atoms with Crippen LogP contribution in [0.4, 0.5) is 5.69 Å². The van der Waals surface area contributed by atoms with Crippen molar-refractivity contribution >= 4 is 61.6 Å². The van der Waals surface area contributed by atoms with Crippen LogP contribution in [0.3, 0.4) is 0 Å². The van der Waals surface area contributed by atoms with Crippen LogP contribution in [0.15, 0.2) is 12.1 Å². The van der Waals surface area contributed by atoms with Crippen LogP contribution in [0, 0.1) is 13.7 Å². The van der Waals surface area contributed by atoms with Crippen molar-refractivity contribution in [3.63, 3.8) is 0 Å². The molecule has 0 aliphatic rings. The summed E-state index contributed by atoms with van der Waals surface area (Å²) in [4.78, 5) is 21.4. The van der Waals surface area contributed by atoms with Crippen LogP contribution >= 0.6 is 50.1 Å². The van der Waals surface area contributed by atoms with Gasteiger partial charge in [0.25, 0.3) is 5.69 Å². The molecule has 0 aliphatic carbocycles. The lowest BCUT2D eigenvalue weighted by Gasteiger charge is -2.02. The molecule has 1 aromatic carbocycles. The van der Waals surface area contributed by atoms with Gasteiger partial charge in [-0.25, -0.2) is 0 Å². The van der Waals surface area contributed by atoms with Gasteiger partial charge in [-0.05, 0) is 28.7 Å². The van der Waals surface area contributed by atoms with Gasteiger partial charge >= 0.3 is 0 Å². The van der Waals surface area contributed by atoms with Crippen LogP contribution < -0.4 is 0 Å². The van der Waals surface area contributed by atoms with Crippen LogP contribution in [-0.2, 0) is 0 Å². The second-order valence-corrected chi connectivity index (χ2v) is 4.73. The summed E-state index contributed by atoms with van der Waals surface area (Å²) in [5.74, 6) is -0.201. The van der Waals surface area contributed by atoms with Crippen molar-refractivity contribution in [2.24, 2.45) is 0 Å². The lowest BCUT2D eigenvalue weighted by Crippen LogP contribution is -2.03. The van der Waals surface area contributed by atoms with E-state index < -0.39 is 4.92 Å². The van der Waals surface area contributed by atoms with E-state index >= 15 is 0 Å². The molecule has 80 valence electrons. The van der Waals surface area contributed by atoms with Crippen LogP contribution in [0.25, 0.3) is 0 Å². The fraction of sp³-hybridized carbons (Fsp3) is 0.125. The fourth-order valence-electron chi connectivity index (χ4n) is 0.962. The molecule has 0 unspecified atom stereocenters. The number of carbonyl (C=O) groups excluding carboxylic acids is 1. The average Bonchev–Trinajstić information content (AvgIpc) is 2.19. The number of halogens is 3. The monoisotopic (exact) mass is 403 g/mol. The first-order valence-electron chi connectivity index (χ1n) is 3.70. The Hall–Kier alpha value is -0.210. The third-order valence-electron chi connectivity index (χ3n) is 1.65. The molecule has 0 aliphatic heterocycles. The molecule has 0 saturated carbocycles. The van der Waals surface area contributed by atoms with Crippen LogP contribution in [0.1, 0.15) is 10.4 Å². The molecule has 0 bridgehead atoms. The predicted molar refractivity (Wildman–Crippen MR) is 68.9 cm³/mol. The molecule has 0 amide bonds. The number of carbonyl (C=O) groups is 1. The van der Waals surface area contributed by atoms with Crippen molar-refractivity contribution in [2.45, 2.75) is 0 Å². The lowest BCUT2D eigenvalue weighted by molar-refractivity contribution is -0.385. The molecule has 0 N–H and O–H groups in total. The number of ketones is 1. The molecule has 15 heavy (non-hydrogen) atoms. The van der Waals surface area contributed by atoms with Gasteiger partial charge in [0.05, 0.1) is 18.8 Å². The van der Waals surface area contributed by atoms with Gasteiger partial charge < -0.3 is 0 Å². The molecule has 0 spiro atoms. The number of hydrogen-bond acceptors (Lipinski definition) is 3. The third-order valence-corrected chi connectivity index (χ3v) is 3.34. The topological polar surface area (TPSA) is 60.2 Å². The molecule has 1 aromatic rings. The summed E-state index contributed by atoms with van der Waals surface area (Å²) in [5.41, 5.74) is 0.204. The van der Waals surface area contributed by atoms with E-state index in [9.17, 15) is 14.9 Å². The van der Waals surface area contributed by atoms with Gasteiger partial charge in [0.15, 0.2) is 5.78 Å². The number of nitro benzene ring substituents is 1. The lowest BCUT2D eigenvalue weighted by atomic mass is 10.1. The summed E-state index contributed by atoms with van der Waals surface area (Å²) >= 11 is 10.6. The summed E-state index contributed by atoms with van der Waals surface area (Å²) in [7, 11) is 0. The number of nitrogens with zero attached hydrogens (tertiary/aromatic N) is 1. The van der Waals surface area contributed by atoms with E-state index in [1.54, 1.807) is 22.6 Å². The summed E-state index contributed by atoms with van der Waals surface area (Å²) in [5, 5.41) is 10.8. The Morgan fingerprint density at radius 3 is 2.67 bits per heavy atom. The maximum atomic E-state index is 11.4. The average molecular weight is 404 g/mol. The molecule has 0 heterocycles. The highest BCUT2D eigenvalue weighted by atomic mass is 127. The molecule has 0 atom stereocenters. The molecule has 0 fully saturated rings. The Balaban J connectivity index is 3.31. The predicted octanol–water partition coefficient (Wildman–Crippen LogP) is 3.43. The van der Waals surface area contributed by atoms with Crippen molar-refractivity contribution in [1.29, 1.82) is 0 Å². The Labute approximate surface area is 112 Å². The van der Waals surface area contributed by atoms with Gasteiger partial charge in [-0.15, -0.1) is 0 Å². The van der Waals surface area contributed by atoms with E-state index in [1.807, 2.05) is 0 Å². The van der Waals surface area contributed by atoms with Crippen molar-refractivity contribution in [2.75, 3.05) is 5.33 Å². The largest absolute Gasteiger partial charge is 0.293 e. The first kappa shape index (κ1) is 12.9. The van der Waals surface area contributed by atoms with Gasteiger partial charge in [-0.1, -0.05) is 27.5 Å². The van der Waals surface area contributed by atoms with Crippen molar-refractivity contribution < 1.29 is 9.72 Å². The minimum absolute atomic E-state index is 0.0910. The zero-order valence-electron chi connectivity index (χ0n) is 7.17. The molecule has 0 saturated heterocycles. The van der Waals surface area contributed by atoms with E-state index in [1.165, 1.54) is 12.1 Å². The number of rotatable bonds is 3. The van der Waals surface area contributed by atoms with Crippen LogP contribution in [0.2, 0.25) is 5.02 Å². The zero-order chi connectivity index (χ0) is 11.6. The maximum Gasteiger partial charge on any atom is 0.284 e. The van der Waals surface area contributed by atoms with E-state index in [0.29, 0.717) is 9.13 Å². The SMILES string of the molecule is O=C(CBr)c1cc(I)c([N+](=O)[O-])cc1Cl. The number of benzene rings is 1. The standard InChI is InChI=1S/C8H4BrClINO3/c9-3-8(13)4-1-6(11)7(12(14)15)2-5(4)10/h1-2H,3H2. The fourth-order valence-corrected chi connectivity index (χ4v) is 2.19. The highest BCUT2D eigenvalue weighted by Gasteiger charge is 2.18. The molecule has 0 aromatic heterocycles.